The summed E-state index contributed by atoms with van der Waals surface area (Å²) < 4.78 is 0. The van der Waals surface area contributed by atoms with Gasteiger partial charge in [0.15, 0.2) is 0 Å². The highest BCUT2D eigenvalue weighted by Gasteiger charge is 2.52. The van der Waals surface area contributed by atoms with Crippen LogP contribution in [0, 0.1) is 17.8 Å². The minimum absolute atomic E-state index is 0.0187. The Morgan fingerprint density at radius 2 is 1.88 bits per heavy atom. The van der Waals surface area contributed by atoms with Crippen LogP contribution in [-0.2, 0) is 19.2 Å². The molecule has 4 nitrogen and oxygen atoms in total. The monoisotopic (exact) mass is 222 g/mol. The van der Waals surface area contributed by atoms with Gasteiger partial charge < -0.3 is 4.79 Å². The van der Waals surface area contributed by atoms with Crippen molar-refractivity contribution in [2.24, 2.45) is 17.8 Å². The summed E-state index contributed by atoms with van der Waals surface area (Å²) >= 11 is 0. The van der Waals surface area contributed by atoms with Crippen LogP contribution in [-0.4, -0.2) is 23.1 Å². The number of rotatable bonds is 2. The SMILES string of the molecule is CC(=O)CC1CCCC2C(=O)C(=O)C(=O)C12. The molecule has 2 fully saturated rings. The zero-order valence-corrected chi connectivity index (χ0v) is 9.19. The van der Waals surface area contributed by atoms with Crippen LogP contribution in [0.4, 0.5) is 0 Å². The third kappa shape index (κ3) is 1.62. The van der Waals surface area contributed by atoms with Crippen molar-refractivity contribution >= 4 is 23.1 Å². The smallest absolute Gasteiger partial charge is 0.264 e. The number of hydrogen-bond acceptors (Lipinski definition) is 4. The predicted octanol–water partition coefficient (Wildman–Crippen LogP) is 0.719. The summed E-state index contributed by atoms with van der Waals surface area (Å²) in [4.78, 5) is 45.6. The second-order valence-electron chi connectivity index (χ2n) is 4.79. The van der Waals surface area contributed by atoms with E-state index in [0.29, 0.717) is 12.8 Å². The molecule has 0 saturated heterocycles. The Balaban J connectivity index is 2.25. The molecular formula is C12H14O4. The van der Waals surface area contributed by atoms with Crippen LogP contribution in [0.3, 0.4) is 0 Å². The first-order chi connectivity index (χ1) is 7.52. The Morgan fingerprint density at radius 1 is 1.19 bits per heavy atom. The van der Waals surface area contributed by atoms with Crippen molar-refractivity contribution < 1.29 is 19.2 Å². The Bertz CT molecular complexity index is 382. The first-order valence-corrected chi connectivity index (χ1v) is 5.64. The van der Waals surface area contributed by atoms with E-state index in [1.807, 2.05) is 0 Å². The molecule has 0 spiro atoms. The maximum Gasteiger partial charge on any atom is 0.264 e. The first-order valence-electron chi connectivity index (χ1n) is 5.64. The molecule has 2 aliphatic carbocycles. The standard InChI is InChI=1S/C12H14O4/c1-6(13)5-7-3-2-4-8-9(7)11(15)12(16)10(8)14/h7-9H,2-5H2,1H3. The number of fused-ring (bicyclic) bond motifs is 1. The van der Waals surface area contributed by atoms with Crippen LogP contribution in [0.25, 0.3) is 0 Å². The van der Waals surface area contributed by atoms with Gasteiger partial charge in [-0.3, -0.25) is 14.4 Å². The van der Waals surface area contributed by atoms with Gasteiger partial charge in [-0.2, -0.15) is 0 Å². The summed E-state index contributed by atoms with van der Waals surface area (Å²) in [7, 11) is 0. The summed E-state index contributed by atoms with van der Waals surface area (Å²) in [5.41, 5.74) is 0. The molecule has 16 heavy (non-hydrogen) atoms. The summed E-state index contributed by atoms with van der Waals surface area (Å²) in [5, 5.41) is 0. The molecule has 3 atom stereocenters. The molecule has 4 heteroatoms. The molecule has 0 radical (unpaired) electrons. The van der Waals surface area contributed by atoms with Gasteiger partial charge in [-0.25, -0.2) is 0 Å². The molecule has 2 aliphatic rings. The van der Waals surface area contributed by atoms with Crippen LogP contribution in [0.2, 0.25) is 0 Å². The summed E-state index contributed by atoms with van der Waals surface area (Å²) in [5.74, 6) is -2.94. The van der Waals surface area contributed by atoms with Crippen molar-refractivity contribution in [3.63, 3.8) is 0 Å². The van der Waals surface area contributed by atoms with E-state index in [4.69, 9.17) is 0 Å². The lowest BCUT2D eigenvalue weighted by atomic mass is 9.71. The number of carbonyl (C=O) groups excluding carboxylic acids is 4. The summed E-state index contributed by atoms with van der Waals surface area (Å²) in [6.07, 6.45) is 2.53. The lowest BCUT2D eigenvalue weighted by Gasteiger charge is -2.30. The zero-order valence-electron chi connectivity index (χ0n) is 9.19. The molecule has 3 unspecified atom stereocenters. The fourth-order valence-corrected chi connectivity index (χ4v) is 3.02. The fraction of sp³-hybridized carbons (Fsp3) is 0.667. The highest BCUT2D eigenvalue weighted by Crippen LogP contribution is 2.41. The van der Waals surface area contributed by atoms with Crippen LogP contribution in [0.1, 0.15) is 32.6 Å². The maximum atomic E-state index is 11.7. The van der Waals surface area contributed by atoms with E-state index >= 15 is 0 Å². The lowest BCUT2D eigenvalue weighted by Crippen LogP contribution is -2.31. The van der Waals surface area contributed by atoms with E-state index in [2.05, 4.69) is 0 Å². The lowest BCUT2D eigenvalue weighted by molar-refractivity contribution is -0.141. The van der Waals surface area contributed by atoms with Gasteiger partial charge in [0.25, 0.3) is 5.78 Å². The molecule has 0 aromatic heterocycles. The predicted molar refractivity (Wildman–Crippen MR) is 54.6 cm³/mol. The third-order valence-corrected chi connectivity index (χ3v) is 3.67. The van der Waals surface area contributed by atoms with Crippen LogP contribution in [0.15, 0.2) is 0 Å². The van der Waals surface area contributed by atoms with E-state index < -0.39 is 29.2 Å². The van der Waals surface area contributed by atoms with E-state index in [0.717, 1.165) is 12.8 Å². The number of Topliss-reactive ketones (excluding diaryl/α,β-unsaturated/α-hetero) is 4. The molecule has 0 bridgehead atoms. The van der Waals surface area contributed by atoms with Gasteiger partial charge in [0.05, 0.1) is 0 Å². The molecule has 0 amide bonds. The van der Waals surface area contributed by atoms with Gasteiger partial charge in [-0.1, -0.05) is 6.42 Å². The van der Waals surface area contributed by atoms with Crippen molar-refractivity contribution in [3.8, 4) is 0 Å². The van der Waals surface area contributed by atoms with Gasteiger partial charge in [0.1, 0.15) is 5.78 Å². The van der Waals surface area contributed by atoms with Crippen molar-refractivity contribution in [3.05, 3.63) is 0 Å². The maximum absolute atomic E-state index is 11.7. The molecule has 0 aliphatic heterocycles. The highest BCUT2D eigenvalue weighted by atomic mass is 16.2. The number of ketones is 4. The van der Waals surface area contributed by atoms with Gasteiger partial charge in [-0.05, 0) is 25.7 Å². The average molecular weight is 222 g/mol. The Labute approximate surface area is 93.4 Å². The van der Waals surface area contributed by atoms with Crippen molar-refractivity contribution in [1.82, 2.24) is 0 Å². The van der Waals surface area contributed by atoms with Crippen LogP contribution >= 0.6 is 0 Å². The molecule has 2 rings (SSSR count). The van der Waals surface area contributed by atoms with Gasteiger partial charge in [0, 0.05) is 18.3 Å². The van der Waals surface area contributed by atoms with Crippen molar-refractivity contribution in [2.75, 3.05) is 0 Å². The van der Waals surface area contributed by atoms with E-state index in [1.165, 1.54) is 6.92 Å². The highest BCUT2D eigenvalue weighted by molar-refractivity contribution is 6.68. The van der Waals surface area contributed by atoms with Crippen LogP contribution in [0.5, 0.6) is 0 Å². The Kier molecular flexibility index (Phi) is 2.74. The molecule has 86 valence electrons. The van der Waals surface area contributed by atoms with Crippen molar-refractivity contribution in [1.29, 1.82) is 0 Å². The number of hydrogen-bond donors (Lipinski definition) is 0. The summed E-state index contributed by atoms with van der Waals surface area (Å²) in [6.45, 7) is 1.48. The Morgan fingerprint density at radius 3 is 2.50 bits per heavy atom. The van der Waals surface area contributed by atoms with E-state index in [9.17, 15) is 19.2 Å². The minimum atomic E-state index is -0.842. The quantitative estimate of drug-likeness (QED) is 0.645. The van der Waals surface area contributed by atoms with E-state index in [-0.39, 0.29) is 11.7 Å². The molecule has 0 aromatic carbocycles. The first kappa shape index (κ1) is 11.2. The third-order valence-electron chi connectivity index (χ3n) is 3.67. The average Bonchev–Trinajstić information content (AvgIpc) is 2.44. The van der Waals surface area contributed by atoms with Crippen molar-refractivity contribution in [2.45, 2.75) is 32.6 Å². The normalized spacial score (nSPS) is 34.1. The van der Waals surface area contributed by atoms with Crippen LogP contribution < -0.4 is 0 Å². The largest absolute Gasteiger partial charge is 0.300 e. The molecule has 2 saturated carbocycles. The van der Waals surface area contributed by atoms with E-state index in [1.54, 1.807) is 0 Å². The fourth-order valence-electron chi connectivity index (χ4n) is 3.02. The number of carbonyl (C=O) groups is 4. The zero-order chi connectivity index (χ0) is 11.9. The van der Waals surface area contributed by atoms with Gasteiger partial charge in [0.2, 0.25) is 11.6 Å². The van der Waals surface area contributed by atoms with Gasteiger partial charge in [-0.15, -0.1) is 0 Å². The molecule has 0 heterocycles. The molecule has 0 N–H and O–H groups in total. The summed E-state index contributed by atoms with van der Waals surface area (Å²) in [6, 6.07) is 0. The molecule has 0 aromatic rings. The molecular weight excluding hydrogens is 208 g/mol. The topological polar surface area (TPSA) is 68.3 Å². The van der Waals surface area contributed by atoms with Gasteiger partial charge >= 0.3 is 0 Å². The minimum Gasteiger partial charge on any atom is -0.300 e. The second kappa shape index (κ2) is 3.92. The second-order valence-corrected chi connectivity index (χ2v) is 4.79. The Hall–Kier alpha value is -1.32.